The lowest BCUT2D eigenvalue weighted by molar-refractivity contribution is 0.0532. The van der Waals surface area contributed by atoms with E-state index in [1.165, 1.54) is 16.9 Å². The zero-order chi connectivity index (χ0) is 11.7. The van der Waals surface area contributed by atoms with Crippen molar-refractivity contribution in [2.24, 2.45) is 0 Å². The van der Waals surface area contributed by atoms with Gasteiger partial charge in [-0.3, -0.25) is 0 Å². The molecular weight excluding hydrogens is 222 g/mol. The molecule has 0 spiro atoms. The lowest BCUT2D eigenvalue weighted by atomic mass is 10.1. The maximum atomic E-state index is 11.6. The Morgan fingerprint density at radius 3 is 2.94 bits per heavy atom. The van der Waals surface area contributed by atoms with Gasteiger partial charge in [0, 0.05) is 6.20 Å². The zero-order valence-corrected chi connectivity index (χ0v) is 10.5. The van der Waals surface area contributed by atoms with Crippen molar-refractivity contribution >= 4 is 27.5 Å². The van der Waals surface area contributed by atoms with E-state index >= 15 is 0 Å². The van der Waals surface area contributed by atoms with Crippen molar-refractivity contribution in [3.8, 4) is 0 Å². The Bertz CT molecular complexity index is 510. The van der Waals surface area contributed by atoms with Crippen LogP contribution in [0.4, 0.5) is 0 Å². The van der Waals surface area contributed by atoms with E-state index in [0.717, 1.165) is 10.2 Å². The molecule has 3 nitrogen and oxygen atoms in total. The molecule has 0 bridgehead atoms. The van der Waals surface area contributed by atoms with Crippen molar-refractivity contribution in [2.45, 2.75) is 26.7 Å². The van der Waals surface area contributed by atoms with Gasteiger partial charge in [0.1, 0.15) is 4.88 Å². The molecule has 0 saturated carbocycles. The van der Waals surface area contributed by atoms with Crippen LogP contribution in [0.15, 0.2) is 12.3 Å². The van der Waals surface area contributed by atoms with Crippen molar-refractivity contribution in [3.05, 3.63) is 22.7 Å². The Kier molecular flexibility index (Phi) is 3.01. The highest BCUT2D eigenvalue weighted by atomic mass is 32.1. The zero-order valence-electron chi connectivity index (χ0n) is 9.66. The number of esters is 1. The molecule has 0 atom stereocenters. The van der Waals surface area contributed by atoms with Crippen LogP contribution in [0.1, 0.15) is 41.9 Å². The van der Waals surface area contributed by atoms with Crippen LogP contribution in [-0.4, -0.2) is 17.6 Å². The van der Waals surface area contributed by atoms with E-state index in [2.05, 4.69) is 18.8 Å². The molecule has 16 heavy (non-hydrogen) atoms. The van der Waals surface area contributed by atoms with Crippen LogP contribution in [-0.2, 0) is 4.74 Å². The minimum absolute atomic E-state index is 0.230. The van der Waals surface area contributed by atoms with E-state index < -0.39 is 0 Å². The lowest BCUT2D eigenvalue weighted by Gasteiger charge is -1.99. The number of nitrogens with one attached hydrogen (secondary N) is 1. The maximum Gasteiger partial charge on any atom is 0.348 e. The molecule has 86 valence electrons. The number of rotatable bonds is 3. The molecule has 4 heteroatoms. The fraction of sp³-hybridized carbons (Fsp3) is 0.417. The summed E-state index contributed by atoms with van der Waals surface area (Å²) in [4.78, 5) is 15.4. The second-order valence-corrected chi connectivity index (χ2v) is 5.02. The Labute approximate surface area is 98.4 Å². The molecule has 0 aromatic carbocycles. The van der Waals surface area contributed by atoms with Gasteiger partial charge in [-0.25, -0.2) is 4.79 Å². The first-order valence-electron chi connectivity index (χ1n) is 5.41. The molecule has 0 aliphatic carbocycles. The third-order valence-electron chi connectivity index (χ3n) is 2.48. The molecule has 2 rings (SSSR count). The van der Waals surface area contributed by atoms with E-state index in [9.17, 15) is 4.79 Å². The number of hydrogen-bond donors (Lipinski definition) is 1. The summed E-state index contributed by atoms with van der Waals surface area (Å²) in [5.41, 5.74) is 2.28. The summed E-state index contributed by atoms with van der Waals surface area (Å²) < 4.78 is 6.15. The van der Waals surface area contributed by atoms with Crippen LogP contribution in [0.3, 0.4) is 0 Å². The summed E-state index contributed by atoms with van der Waals surface area (Å²) >= 11 is 1.50. The average Bonchev–Trinajstić information content (AvgIpc) is 2.74. The van der Waals surface area contributed by atoms with Gasteiger partial charge in [-0.2, -0.15) is 0 Å². The summed E-state index contributed by atoms with van der Waals surface area (Å²) in [7, 11) is 0. The molecule has 0 radical (unpaired) electrons. The summed E-state index contributed by atoms with van der Waals surface area (Å²) in [5, 5.41) is 0. The summed E-state index contributed by atoms with van der Waals surface area (Å²) in [6.45, 7) is 6.53. The fourth-order valence-electron chi connectivity index (χ4n) is 1.67. The van der Waals surface area contributed by atoms with Gasteiger partial charge in [0.2, 0.25) is 0 Å². The third kappa shape index (κ3) is 1.85. The van der Waals surface area contributed by atoms with Crippen LogP contribution >= 0.6 is 11.3 Å². The van der Waals surface area contributed by atoms with Gasteiger partial charge in [0.15, 0.2) is 0 Å². The number of thiophene rings is 1. The summed E-state index contributed by atoms with van der Waals surface area (Å²) in [6.07, 6.45) is 2.01. The van der Waals surface area contributed by atoms with Gasteiger partial charge in [-0.05, 0) is 24.5 Å². The van der Waals surface area contributed by atoms with Crippen LogP contribution in [0.25, 0.3) is 10.2 Å². The third-order valence-corrected chi connectivity index (χ3v) is 3.64. The number of H-pyrrole nitrogens is 1. The fourth-order valence-corrected chi connectivity index (χ4v) is 2.84. The van der Waals surface area contributed by atoms with Crippen molar-refractivity contribution in [1.29, 1.82) is 0 Å². The van der Waals surface area contributed by atoms with E-state index in [4.69, 9.17) is 4.74 Å². The van der Waals surface area contributed by atoms with Crippen LogP contribution in [0.5, 0.6) is 0 Å². The molecule has 0 fully saturated rings. The van der Waals surface area contributed by atoms with E-state index in [0.29, 0.717) is 17.4 Å². The molecule has 1 N–H and O–H groups in total. The van der Waals surface area contributed by atoms with Gasteiger partial charge < -0.3 is 9.72 Å². The molecule has 0 amide bonds. The van der Waals surface area contributed by atoms with Crippen molar-refractivity contribution in [1.82, 2.24) is 4.98 Å². The summed E-state index contributed by atoms with van der Waals surface area (Å²) in [6, 6.07) is 1.86. The van der Waals surface area contributed by atoms with Gasteiger partial charge in [-0.1, -0.05) is 13.8 Å². The SMILES string of the molecule is CCOC(=O)c1cc2[nH]cc(C(C)C)c2s1. The lowest BCUT2D eigenvalue weighted by Crippen LogP contribution is -2.01. The highest BCUT2D eigenvalue weighted by Crippen LogP contribution is 2.32. The number of ether oxygens (including phenoxy) is 1. The molecule has 2 aromatic heterocycles. The molecule has 0 aliphatic rings. The largest absolute Gasteiger partial charge is 0.462 e. The molecule has 0 unspecified atom stereocenters. The first-order chi connectivity index (χ1) is 7.63. The predicted molar refractivity (Wildman–Crippen MR) is 66.2 cm³/mol. The number of aromatic amines is 1. The average molecular weight is 237 g/mol. The van der Waals surface area contributed by atoms with Gasteiger partial charge >= 0.3 is 5.97 Å². The van der Waals surface area contributed by atoms with Gasteiger partial charge in [0.25, 0.3) is 0 Å². The summed E-state index contributed by atoms with van der Waals surface area (Å²) in [5.74, 6) is 0.231. The predicted octanol–water partition coefficient (Wildman–Crippen LogP) is 3.53. The number of hydrogen-bond acceptors (Lipinski definition) is 3. The highest BCUT2D eigenvalue weighted by Gasteiger charge is 2.15. The Morgan fingerprint density at radius 2 is 2.31 bits per heavy atom. The Hall–Kier alpha value is -1.29. The monoisotopic (exact) mass is 237 g/mol. The first-order valence-corrected chi connectivity index (χ1v) is 6.23. The maximum absolute atomic E-state index is 11.6. The Morgan fingerprint density at radius 1 is 1.56 bits per heavy atom. The first kappa shape index (κ1) is 11.2. The molecule has 2 aromatic rings. The van der Waals surface area contributed by atoms with Crippen molar-refractivity contribution in [2.75, 3.05) is 6.61 Å². The van der Waals surface area contributed by atoms with Gasteiger partial charge in [0.05, 0.1) is 16.8 Å². The van der Waals surface area contributed by atoms with Crippen molar-refractivity contribution < 1.29 is 9.53 Å². The van der Waals surface area contributed by atoms with Crippen LogP contribution < -0.4 is 0 Å². The second-order valence-electron chi connectivity index (χ2n) is 3.97. The van der Waals surface area contributed by atoms with Crippen LogP contribution in [0.2, 0.25) is 0 Å². The number of aromatic nitrogens is 1. The molecule has 0 aliphatic heterocycles. The molecular formula is C12H15NO2S. The number of carbonyl (C=O) groups excluding carboxylic acids is 1. The number of fused-ring (bicyclic) bond motifs is 1. The molecule has 2 heterocycles. The highest BCUT2D eigenvalue weighted by molar-refractivity contribution is 7.20. The normalized spacial score (nSPS) is 11.2. The minimum Gasteiger partial charge on any atom is -0.462 e. The quantitative estimate of drug-likeness (QED) is 0.830. The van der Waals surface area contributed by atoms with Gasteiger partial charge in [-0.15, -0.1) is 11.3 Å². The standard InChI is InChI=1S/C12H15NO2S/c1-4-15-12(14)10-5-9-11(16-10)8(6-13-9)7(2)3/h5-7,13H,4H2,1-3H3. The topological polar surface area (TPSA) is 42.1 Å². The number of carbonyl (C=O) groups is 1. The Balaban J connectivity index is 2.41. The second kappa shape index (κ2) is 4.29. The van der Waals surface area contributed by atoms with E-state index in [1.807, 2.05) is 19.2 Å². The van der Waals surface area contributed by atoms with Crippen molar-refractivity contribution in [3.63, 3.8) is 0 Å². The smallest absolute Gasteiger partial charge is 0.348 e. The molecule has 0 saturated heterocycles. The van der Waals surface area contributed by atoms with E-state index in [1.54, 1.807) is 0 Å². The van der Waals surface area contributed by atoms with E-state index in [-0.39, 0.29) is 5.97 Å². The minimum atomic E-state index is -0.230. The van der Waals surface area contributed by atoms with Crippen LogP contribution in [0, 0.1) is 0 Å².